The van der Waals surface area contributed by atoms with Crippen LogP contribution in [-0.4, -0.2) is 77.7 Å². The minimum Gasteiger partial charge on any atom is -0.497 e. The Labute approximate surface area is 195 Å². The maximum Gasteiger partial charge on any atom is 0.259 e. The number of aliphatic hydroxyl groups excluding tert-OH is 1. The molecule has 0 saturated heterocycles. The number of rotatable bonds is 7. The number of hydrogen-bond acceptors (Lipinski definition) is 6. The van der Waals surface area contributed by atoms with Crippen molar-refractivity contribution in [3.8, 4) is 22.8 Å². The normalized spacial score (nSPS) is 19.1. The van der Waals surface area contributed by atoms with Crippen molar-refractivity contribution >= 4 is 11.8 Å². The van der Waals surface area contributed by atoms with Gasteiger partial charge in [0, 0.05) is 37.7 Å². The lowest BCUT2D eigenvalue weighted by Crippen LogP contribution is -2.50. The zero-order valence-electron chi connectivity index (χ0n) is 19.9. The van der Waals surface area contributed by atoms with Crippen molar-refractivity contribution in [1.82, 2.24) is 14.8 Å². The number of amides is 2. The molecule has 8 nitrogen and oxygen atoms in total. The molecule has 0 fully saturated rings. The molecule has 2 heterocycles. The molecule has 0 saturated carbocycles. The van der Waals surface area contributed by atoms with E-state index in [-0.39, 0.29) is 42.4 Å². The van der Waals surface area contributed by atoms with Crippen LogP contribution >= 0.6 is 0 Å². The Bertz CT molecular complexity index is 996. The Kier molecular flexibility index (Phi) is 7.92. The third-order valence-electron chi connectivity index (χ3n) is 6.11. The van der Waals surface area contributed by atoms with Gasteiger partial charge in [-0.25, -0.2) is 4.98 Å². The second-order valence-electron chi connectivity index (χ2n) is 8.56. The summed E-state index contributed by atoms with van der Waals surface area (Å²) in [4.78, 5) is 33.5. The predicted octanol–water partition coefficient (Wildman–Crippen LogP) is 2.85. The Morgan fingerprint density at radius 3 is 2.79 bits per heavy atom. The van der Waals surface area contributed by atoms with Crippen molar-refractivity contribution in [3.05, 3.63) is 42.1 Å². The number of likely N-dealkylation sites (N-methyl/N-ethyl adjacent to an activating group) is 1. The minimum absolute atomic E-state index is 0.0195. The number of hydrogen-bond donors (Lipinski definition) is 1. The fraction of sp³-hybridized carbons (Fsp3) is 0.480. The fourth-order valence-electron chi connectivity index (χ4n) is 3.92. The molecule has 0 spiro atoms. The molecule has 1 aliphatic rings. The van der Waals surface area contributed by atoms with E-state index in [2.05, 4.69) is 4.98 Å². The van der Waals surface area contributed by atoms with Gasteiger partial charge in [0.2, 0.25) is 11.8 Å². The lowest BCUT2D eigenvalue weighted by molar-refractivity contribution is -0.131. The average molecular weight is 456 g/mol. The molecule has 1 aliphatic heterocycles. The van der Waals surface area contributed by atoms with Gasteiger partial charge in [-0.3, -0.25) is 9.59 Å². The Morgan fingerprint density at radius 1 is 1.36 bits per heavy atom. The van der Waals surface area contributed by atoms with E-state index >= 15 is 0 Å². The van der Waals surface area contributed by atoms with Crippen LogP contribution in [0.1, 0.15) is 37.6 Å². The highest BCUT2D eigenvalue weighted by Crippen LogP contribution is 2.31. The Hall–Kier alpha value is -3.13. The van der Waals surface area contributed by atoms with Gasteiger partial charge in [0.05, 0.1) is 26.3 Å². The molecule has 8 heteroatoms. The van der Waals surface area contributed by atoms with E-state index in [9.17, 15) is 14.7 Å². The van der Waals surface area contributed by atoms with Gasteiger partial charge in [-0.15, -0.1) is 0 Å². The van der Waals surface area contributed by atoms with Gasteiger partial charge in [-0.05, 0) is 30.7 Å². The molecule has 0 bridgehead atoms. The highest BCUT2D eigenvalue weighted by atomic mass is 16.5. The molecule has 0 unspecified atom stereocenters. The molecule has 0 aliphatic carbocycles. The van der Waals surface area contributed by atoms with Crippen molar-refractivity contribution in [1.29, 1.82) is 0 Å². The highest BCUT2D eigenvalue weighted by molar-refractivity contribution is 5.98. The van der Waals surface area contributed by atoms with E-state index in [4.69, 9.17) is 9.47 Å². The van der Waals surface area contributed by atoms with Crippen molar-refractivity contribution < 1.29 is 24.2 Å². The monoisotopic (exact) mass is 455 g/mol. The number of pyridine rings is 1. The molecular weight excluding hydrogens is 422 g/mol. The van der Waals surface area contributed by atoms with Gasteiger partial charge >= 0.3 is 0 Å². The molecule has 2 aromatic rings. The topological polar surface area (TPSA) is 92.2 Å². The minimum atomic E-state index is -0.373. The summed E-state index contributed by atoms with van der Waals surface area (Å²) in [5.74, 6) is 0.631. The van der Waals surface area contributed by atoms with E-state index in [1.54, 1.807) is 36.2 Å². The second-order valence-corrected chi connectivity index (χ2v) is 8.56. The van der Waals surface area contributed by atoms with E-state index in [0.717, 1.165) is 11.1 Å². The zero-order valence-corrected chi connectivity index (χ0v) is 19.9. The summed E-state index contributed by atoms with van der Waals surface area (Å²) in [5.41, 5.74) is 1.95. The molecule has 3 atom stereocenters. The maximum absolute atomic E-state index is 13.5. The van der Waals surface area contributed by atoms with Gasteiger partial charge in [-0.1, -0.05) is 26.0 Å². The van der Waals surface area contributed by atoms with Crippen LogP contribution in [0.5, 0.6) is 11.6 Å². The van der Waals surface area contributed by atoms with Crippen LogP contribution in [0.2, 0.25) is 0 Å². The smallest absolute Gasteiger partial charge is 0.259 e. The molecule has 0 radical (unpaired) electrons. The number of methoxy groups -OCH3 is 1. The van der Waals surface area contributed by atoms with Crippen LogP contribution < -0.4 is 9.47 Å². The van der Waals surface area contributed by atoms with Crippen molar-refractivity contribution in [2.45, 2.75) is 39.3 Å². The number of aromatic nitrogens is 1. The number of ether oxygens (including phenoxy) is 2. The fourth-order valence-corrected chi connectivity index (χ4v) is 3.92. The van der Waals surface area contributed by atoms with Crippen molar-refractivity contribution in [2.24, 2.45) is 5.92 Å². The van der Waals surface area contributed by atoms with Gasteiger partial charge in [0.25, 0.3) is 5.91 Å². The third kappa shape index (κ3) is 5.45. The van der Waals surface area contributed by atoms with E-state index in [1.165, 1.54) is 0 Å². The first-order valence-electron chi connectivity index (χ1n) is 11.3. The molecule has 1 aromatic heterocycles. The van der Waals surface area contributed by atoms with E-state index in [1.807, 2.05) is 45.0 Å². The summed E-state index contributed by atoms with van der Waals surface area (Å²) >= 11 is 0. The molecule has 2 amide bonds. The van der Waals surface area contributed by atoms with Gasteiger partial charge < -0.3 is 24.4 Å². The lowest BCUT2D eigenvalue weighted by atomic mass is 9.99. The van der Waals surface area contributed by atoms with Gasteiger partial charge in [0.1, 0.15) is 17.4 Å². The highest BCUT2D eigenvalue weighted by Gasteiger charge is 2.34. The number of carbonyl (C=O) groups excluding carboxylic acids is 2. The second kappa shape index (κ2) is 10.7. The van der Waals surface area contributed by atoms with Gasteiger partial charge in [-0.2, -0.15) is 0 Å². The van der Waals surface area contributed by atoms with Crippen LogP contribution in [-0.2, 0) is 4.79 Å². The standard InChI is InChI=1S/C25H33N3O5/c1-6-23(30)27(4)14-22-16(2)13-28(17(3)15-29)25(31)21-11-19(12-26-24(21)33-22)18-8-7-9-20(10-18)32-5/h7-12,16-17,22,29H,6,13-15H2,1-5H3/t16-,17-,22+/m1/s1. The molecule has 1 aromatic carbocycles. The third-order valence-corrected chi connectivity index (χ3v) is 6.11. The van der Waals surface area contributed by atoms with E-state index < -0.39 is 0 Å². The van der Waals surface area contributed by atoms with Crippen molar-refractivity contribution in [2.75, 3.05) is 33.9 Å². The van der Waals surface area contributed by atoms with Crippen LogP contribution in [0.25, 0.3) is 11.1 Å². The summed E-state index contributed by atoms with van der Waals surface area (Å²) in [6.45, 7) is 6.23. The van der Waals surface area contributed by atoms with Crippen LogP contribution in [0.3, 0.4) is 0 Å². The quantitative estimate of drug-likeness (QED) is 0.690. The summed E-state index contributed by atoms with van der Waals surface area (Å²) in [5, 5.41) is 9.80. The van der Waals surface area contributed by atoms with Crippen LogP contribution in [0.15, 0.2) is 36.5 Å². The number of carbonyl (C=O) groups is 2. The molecule has 33 heavy (non-hydrogen) atoms. The number of benzene rings is 1. The molecule has 178 valence electrons. The van der Waals surface area contributed by atoms with Crippen LogP contribution in [0.4, 0.5) is 0 Å². The molecule has 1 N–H and O–H groups in total. The first-order valence-corrected chi connectivity index (χ1v) is 11.3. The predicted molar refractivity (Wildman–Crippen MR) is 125 cm³/mol. The van der Waals surface area contributed by atoms with Crippen molar-refractivity contribution in [3.63, 3.8) is 0 Å². The molecule has 3 rings (SSSR count). The lowest BCUT2D eigenvalue weighted by Gasteiger charge is -2.37. The summed E-state index contributed by atoms with van der Waals surface area (Å²) in [6, 6.07) is 8.92. The first-order chi connectivity index (χ1) is 15.8. The summed E-state index contributed by atoms with van der Waals surface area (Å²) < 4.78 is 11.6. The Balaban J connectivity index is 2.04. The average Bonchev–Trinajstić information content (AvgIpc) is 2.84. The summed E-state index contributed by atoms with van der Waals surface area (Å²) in [6.07, 6.45) is 1.72. The van der Waals surface area contributed by atoms with E-state index in [0.29, 0.717) is 30.8 Å². The van der Waals surface area contributed by atoms with Crippen LogP contribution in [0, 0.1) is 5.92 Å². The summed E-state index contributed by atoms with van der Waals surface area (Å²) in [7, 11) is 3.35. The van der Waals surface area contributed by atoms with Gasteiger partial charge in [0.15, 0.2) is 0 Å². The largest absolute Gasteiger partial charge is 0.497 e. The Morgan fingerprint density at radius 2 is 2.12 bits per heavy atom. The SMILES string of the molecule is CCC(=O)N(C)C[C@@H]1Oc2ncc(-c3cccc(OC)c3)cc2C(=O)N([C@H](C)CO)C[C@H]1C. The zero-order chi connectivity index (χ0) is 24.1. The molecular formula is C25H33N3O5. The number of aliphatic hydroxyl groups is 1. The maximum atomic E-state index is 13.5. The number of fused-ring (bicyclic) bond motifs is 1. The first kappa shape index (κ1) is 24.5. The number of nitrogens with zero attached hydrogens (tertiary/aromatic N) is 3.